The van der Waals surface area contributed by atoms with Crippen molar-refractivity contribution in [3.63, 3.8) is 0 Å². The van der Waals surface area contributed by atoms with E-state index in [-0.39, 0.29) is 17.7 Å². The van der Waals surface area contributed by atoms with Gasteiger partial charge >= 0.3 is 5.97 Å². The van der Waals surface area contributed by atoms with Gasteiger partial charge in [0.25, 0.3) is 0 Å². The van der Waals surface area contributed by atoms with E-state index in [9.17, 15) is 14.7 Å². The Labute approximate surface area is 137 Å². The molecule has 0 unspecified atom stereocenters. The van der Waals surface area contributed by atoms with Gasteiger partial charge in [0.15, 0.2) is 0 Å². The van der Waals surface area contributed by atoms with Gasteiger partial charge in [0, 0.05) is 36.3 Å². The molecule has 1 fully saturated rings. The monoisotopic (exact) mass is 331 g/mol. The third-order valence-corrected chi connectivity index (χ3v) is 5.63. The number of hydrogen-bond acceptors (Lipinski definition) is 5. The van der Waals surface area contributed by atoms with Crippen molar-refractivity contribution >= 4 is 23.5 Å². The molecule has 6 heteroatoms. The van der Waals surface area contributed by atoms with Crippen LogP contribution in [0.5, 0.6) is 0 Å². The Morgan fingerprint density at radius 1 is 1.00 bits per heavy atom. The lowest BCUT2D eigenvalue weighted by molar-refractivity contribution is -0.137. The molecule has 4 N–H and O–H groups in total. The summed E-state index contributed by atoms with van der Waals surface area (Å²) in [4.78, 5) is 22.1. The molecule has 5 nitrogen and oxygen atoms in total. The van der Waals surface area contributed by atoms with E-state index in [0.717, 1.165) is 44.3 Å². The number of thioether (sulfide) groups is 1. The molecule has 0 aromatic rings. The van der Waals surface area contributed by atoms with Crippen LogP contribution in [0.4, 0.5) is 0 Å². The molecule has 0 aromatic heterocycles. The molecule has 1 rings (SSSR count). The molecule has 0 amide bonds. The van der Waals surface area contributed by atoms with Crippen LogP contribution in [-0.4, -0.2) is 45.1 Å². The predicted octanol–water partition coefficient (Wildman–Crippen LogP) is 2.34. The molecule has 22 heavy (non-hydrogen) atoms. The highest BCUT2D eigenvalue weighted by Crippen LogP contribution is 2.30. The number of rotatable bonds is 12. The molecule has 1 aliphatic heterocycles. The minimum Gasteiger partial charge on any atom is -0.481 e. The first-order valence-corrected chi connectivity index (χ1v) is 9.34. The summed E-state index contributed by atoms with van der Waals surface area (Å²) in [7, 11) is 0. The molecule has 0 radical (unpaired) electrons. The van der Waals surface area contributed by atoms with Crippen LogP contribution < -0.4 is 5.73 Å². The van der Waals surface area contributed by atoms with Crippen LogP contribution in [0.2, 0.25) is 0 Å². The average Bonchev–Trinajstić information content (AvgIpc) is 2.78. The molecular weight excluding hydrogens is 302 g/mol. The van der Waals surface area contributed by atoms with Crippen LogP contribution in [-0.2, 0) is 9.59 Å². The van der Waals surface area contributed by atoms with E-state index in [0.29, 0.717) is 25.0 Å². The summed E-state index contributed by atoms with van der Waals surface area (Å²) in [5.41, 5.74) is 5.77. The summed E-state index contributed by atoms with van der Waals surface area (Å²) in [6.07, 6.45) is 7.22. The Morgan fingerprint density at radius 3 is 2.14 bits per heavy atom. The van der Waals surface area contributed by atoms with Crippen molar-refractivity contribution in [3.8, 4) is 0 Å². The molecule has 0 saturated carbocycles. The van der Waals surface area contributed by atoms with Crippen LogP contribution >= 0.6 is 11.8 Å². The molecule has 0 aromatic carbocycles. The van der Waals surface area contributed by atoms with Gasteiger partial charge in [0.1, 0.15) is 5.78 Å². The topological polar surface area (TPSA) is 101 Å². The third kappa shape index (κ3) is 8.15. The predicted molar refractivity (Wildman–Crippen MR) is 89.0 cm³/mol. The molecule has 128 valence electrons. The standard InChI is InChI=1S/C16H29NO4S/c17-13-11-22-14(16(13)21)9-6-5-8-12(18)7-3-1-2-4-10-15(19)20/h13-14,16,21H,1-11,17H2,(H,19,20)/t13-,14-,16-/m0/s1. The van der Waals surface area contributed by atoms with Gasteiger partial charge in [0.2, 0.25) is 0 Å². The van der Waals surface area contributed by atoms with E-state index in [1.807, 2.05) is 0 Å². The van der Waals surface area contributed by atoms with Gasteiger partial charge < -0.3 is 15.9 Å². The van der Waals surface area contributed by atoms with Gasteiger partial charge in [-0.15, -0.1) is 0 Å². The fourth-order valence-corrected chi connectivity index (χ4v) is 4.11. The molecule has 0 spiro atoms. The third-order valence-electron chi connectivity index (χ3n) is 4.11. The number of nitrogens with two attached hydrogens (primary N) is 1. The SMILES string of the molecule is N[C@H]1CS[C@@H](CCCCC(=O)CCCCCCC(=O)O)[C@H]1O. The average molecular weight is 331 g/mol. The van der Waals surface area contributed by atoms with E-state index >= 15 is 0 Å². The highest BCUT2D eigenvalue weighted by Gasteiger charge is 2.32. The summed E-state index contributed by atoms with van der Waals surface area (Å²) in [5, 5.41) is 18.6. The van der Waals surface area contributed by atoms with Crippen molar-refractivity contribution < 1.29 is 19.8 Å². The number of unbranched alkanes of at least 4 members (excludes halogenated alkanes) is 4. The van der Waals surface area contributed by atoms with Crippen molar-refractivity contribution in [1.82, 2.24) is 0 Å². The number of carboxylic acids is 1. The lowest BCUT2D eigenvalue weighted by Crippen LogP contribution is -2.36. The second-order valence-corrected chi connectivity index (χ2v) is 7.39. The van der Waals surface area contributed by atoms with Crippen molar-refractivity contribution in [2.45, 2.75) is 81.6 Å². The number of Topliss-reactive ketones (excluding diaryl/α,β-unsaturated/α-hetero) is 1. The van der Waals surface area contributed by atoms with E-state index < -0.39 is 12.1 Å². The Kier molecular flexibility index (Phi) is 9.75. The van der Waals surface area contributed by atoms with E-state index in [1.165, 1.54) is 0 Å². The van der Waals surface area contributed by atoms with Crippen LogP contribution in [0.15, 0.2) is 0 Å². The van der Waals surface area contributed by atoms with Gasteiger partial charge in [-0.1, -0.05) is 19.3 Å². The first-order valence-electron chi connectivity index (χ1n) is 8.29. The quantitative estimate of drug-likeness (QED) is 0.475. The lowest BCUT2D eigenvalue weighted by atomic mass is 10.0. The van der Waals surface area contributed by atoms with Crippen LogP contribution in [0.3, 0.4) is 0 Å². The molecule has 3 atom stereocenters. The fourth-order valence-electron chi connectivity index (χ4n) is 2.71. The summed E-state index contributed by atoms with van der Waals surface area (Å²) in [6, 6.07) is -0.0993. The Balaban J connectivity index is 1.92. The second-order valence-electron chi connectivity index (χ2n) is 6.12. The number of carbonyl (C=O) groups is 2. The van der Waals surface area contributed by atoms with Gasteiger partial charge in [0.05, 0.1) is 6.10 Å². The van der Waals surface area contributed by atoms with Crippen molar-refractivity contribution in [2.75, 3.05) is 5.75 Å². The number of carbonyl (C=O) groups excluding carboxylic acids is 1. The number of carboxylic acid groups (broad SMARTS) is 1. The van der Waals surface area contributed by atoms with E-state index in [4.69, 9.17) is 10.8 Å². The highest BCUT2D eigenvalue weighted by molar-refractivity contribution is 8.00. The smallest absolute Gasteiger partial charge is 0.303 e. The van der Waals surface area contributed by atoms with Crippen LogP contribution in [0.1, 0.15) is 64.2 Å². The summed E-state index contributed by atoms with van der Waals surface area (Å²) in [5.74, 6) is 0.379. The zero-order chi connectivity index (χ0) is 16.4. The summed E-state index contributed by atoms with van der Waals surface area (Å²) >= 11 is 1.74. The number of aliphatic hydroxyl groups is 1. The summed E-state index contributed by atoms with van der Waals surface area (Å²) < 4.78 is 0. The Morgan fingerprint density at radius 2 is 1.59 bits per heavy atom. The van der Waals surface area contributed by atoms with Crippen LogP contribution in [0.25, 0.3) is 0 Å². The Hall–Kier alpha value is -0.590. The maximum absolute atomic E-state index is 11.7. The molecule has 0 aliphatic carbocycles. The normalized spacial score (nSPS) is 24.5. The maximum Gasteiger partial charge on any atom is 0.303 e. The zero-order valence-corrected chi connectivity index (χ0v) is 14.0. The van der Waals surface area contributed by atoms with Gasteiger partial charge in [-0.3, -0.25) is 9.59 Å². The zero-order valence-electron chi connectivity index (χ0n) is 13.2. The second kappa shape index (κ2) is 11.0. The number of aliphatic carboxylic acids is 1. The molecule has 0 bridgehead atoms. The fraction of sp³-hybridized carbons (Fsp3) is 0.875. The molecule has 1 aliphatic rings. The largest absolute Gasteiger partial charge is 0.481 e. The first-order chi connectivity index (χ1) is 10.5. The van der Waals surface area contributed by atoms with Gasteiger partial charge in [-0.2, -0.15) is 11.8 Å². The van der Waals surface area contributed by atoms with Crippen molar-refractivity contribution in [2.24, 2.45) is 5.73 Å². The van der Waals surface area contributed by atoms with E-state index in [2.05, 4.69) is 0 Å². The maximum atomic E-state index is 11.7. The lowest BCUT2D eigenvalue weighted by Gasteiger charge is -2.15. The number of hydrogen-bond donors (Lipinski definition) is 3. The minimum atomic E-state index is -0.748. The van der Waals surface area contributed by atoms with Gasteiger partial charge in [-0.25, -0.2) is 0 Å². The highest BCUT2D eigenvalue weighted by atomic mass is 32.2. The molecule has 1 saturated heterocycles. The molecular formula is C16H29NO4S. The minimum absolute atomic E-state index is 0.0993. The van der Waals surface area contributed by atoms with Gasteiger partial charge in [-0.05, 0) is 25.7 Å². The molecule has 1 heterocycles. The van der Waals surface area contributed by atoms with E-state index in [1.54, 1.807) is 11.8 Å². The van der Waals surface area contributed by atoms with Crippen molar-refractivity contribution in [3.05, 3.63) is 0 Å². The number of aliphatic hydroxyl groups excluding tert-OH is 1. The summed E-state index contributed by atoms with van der Waals surface area (Å²) in [6.45, 7) is 0. The first kappa shape index (κ1) is 19.5. The Bertz CT molecular complexity index is 351. The van der Waals surface area contributed by atoms with Crippen molar-refractivity contribution in [1.29, 1.82) is 0 Å². The van der Waals surface area contributed by atoms with Crippen LogP contribution in [0, 0.1) is 0 Å². The number of ketones is 1.